The van der Waals surface area contributed by atoms with Crippen molar-refractivity contribution in [2.75, 3.05) is 5.32 Å². The van der Waals surface area contributed by atoms with E-state index in [2.05, 4.69) is 44.0 Å². The van der Waals surface area contributed by atoms with E-state index in [0.717, 1.165) is 17.7 Å². The van der Waals surface area contributed by atoms with E-state index in [1.165, 1.54) is 5.56 Å². The van der Waals surface area contributed by atoms with Crippen molar-refractivity contribution in [3.05, 3.63) is 59.2 Å². The van der Waals surface area contributed by atoms with Crippen LogP contribution in [0.5, 0.6) is 0 Å². The van der Waals surface area contributed by atoms with Crippen molar-refractivity contribution >= 4 is 17.3 Å². The first kappa shape index (κ1) is 13.7. The number of nitrogens with zero attached hydrogens (tertiary/aromatic N) is 3. The molecule has 1 N–H and O–H groups in total. The normalized spacial score (nSPS) is 12.0. The van der Waals surface area contributed by atoms with Crippen LogP contribution in [-0.4, -0.2) is 21.0 Å². The van der Waals surface area contributed by atoms with Gasteiger partial charge in [0.15, 0.2) is 0 Å². The zero-order chi connectivity index (χ0) is 14.5. The SMILES string of the molecule is C[C@@H](Cc1ccsc1)Nc1nccc(-c2ccncc2)n1. The molecule has 0 aliphatic carbocycles. The highest BCUT2D eigenvalue weighted by Crippen LogP contribution is 2.17. The van der Waals surface area contributed by atoms with Crippen LogP contribution in [-0.2, 0) is 6.42 Å². The first-order chi connectivity index (χ1) is 10.3. The summed E-state index contributed by atoms with van der Waals surface area (Å²) in [5, 5.41) is 7.63. The summed E-state index contributed by atoms with van der Waals surface area (Å²) in [6, 6.07) is 8.23. The predicted octanol–water partition coefficient (Wildman–Crippen LogP) is 3.64. The molecule has 0 fully saturated rings. The maximum Gasteiger partial charge on any atom is 0.223 e. The summed E-state index contributed by atoms with van der Waals surface area (Å²) in [6.45, 7) is 2.14. The number of nitrogens with one attached hydrogen (secondary N) is 1. The van der Waals surface area contributed by atoms with Gasteiger partial charge in [-0.3, -0.25) is 4.98 Å². The second-order valence-corrected chi connectivity index (χ2v) is 5.66. The quantitative estimate of drug-likeness (QED) is 0.781. The Morgan fingerprint density at radius 2 is 2.00 bits per heavy atom. The minimum Gasteiger partial charge on any atom is -0.351 e. The van der Waals surface area contributed by atoms with Crippen molar-refractivity contribution in [1.29, 1.82) is 0 Å². The number of rotatable bonds is 5. The van der Waals surface area contributed by atoms with Gasteiger partial charge in [0.25, 0.3) is 0 Å². The highest BCUT2D eigenvalue weighted by molar-refractivity contribution is 7.07. The fraction of sp³-hybridized carbons (Fsp3) is 0.188. The van der Waals surface area contributed by atoms with Crippen LogP contribution in [0, 0.1) is 0 Å². The van der Waals surface area contributed by atoms with Crippen molar-refractivity contribution in [2.45, 2.75) is 19.4 Å². The average Bonchev–Trinajstić information content (AvgIpc) is 3.01. The lowest BCUT2D eigenvalue weighted by Crippen LogP contribution is -2.19. The molecule has 21 heavy (non-hydrogen) atoms. The molecule has 0 bridgehead atoms. The predicted molar refractivity (Wildman–Crippen MR) is 86.4 cm³/mol. The minimum absolute atomic E-state index is 0.285. The van der Waals surface area contributed by atoms with Crippen LogP contribution in [0.3, 0.4) is 0 Å². The van der Waals surface area contributed by atoms with Crippen molar-refractivity contribution < 1.29 is 0 Å². The lowest BCUT2D eigenvalue weighted by Gasteiger charge is -2.13. The fourth-order valence-corrected chi connectivity index (χ4v) is 2.83. The van der Waals surface area contributed by atoms with Crippen molar-refractivity contribution in [1.82, 2.24) is 15.0 Å². The summed E-state index contributed by atoms with van der Waals surface area (Å²) >= 11 is 1.72. The highest BCUT2D eigenvalue weighted by atomic mass is 32.1. The number of thiophene rings is 1. The Labute approximate surface area is 127 Å². The van der Waals surface area contributed by atoms with Gasteiger partial charge in [-0.1, -0.05) is 0 Å². The molecule has 0 saturated carbocycles. The van der Waals surface area contributed by atoms with Gasteiger partial charge in [0.2, 0.25) is 5.95 Å². The Hall–Kier alpha value is -2.27. The summed E-state index contributed by atoms with van der Waals surface area (Å²) in [4.78, 5) is 12.9. The van der Waals surface area contributed by atoms with Crippen molar-refractivity contribution in [2.24, 2.45) is 0 Å². The van der Waals surface area contributed by atoms with Gasteiger partial charge in [0, 0.05) is 30.2 Å². The van der Waals surface area contributed by atoms with Crippen LogP contribution in [0.15, 0.2) is 53.6 Å². The summed E-state index contributed by atoms with van der Waals surface area (Å²) in [7, 11) is 0. The van der Waals surface area contributed by atoms with Gasteiger partial charge >= 0.3 is 0 Å². The smallest absolute Gasteiger partial charge is 0.223 e. The molecule has 0 spiro atoms. The number of aromatic nitrogens is 3. The van der Waals surface area contributed by atoms with E-state index in [1.54, 1.807) is 29.9 Å². The number of pyridine rings is 1. The molecule has 0 aliphatic heterocycles. The minimum atomic E-state index is 0.285. The van der Waals surface area contributed by atoms with E-state index in [-0.39, 0.29) is 6.04 Å². The van der Waals surface area contributed by atoms with Crippen LogP contribution >= 0.6 is 11.3 Å². The highest BCUT2D eigenvalue weighted by Gasteiger charge is 2.07. The third-order valence-electron chi connectivity index (χ3n) is 3.13. The van der Waals surface area contributed by atoms with Gasteiger partial charge in [0.1, 0.15) is 0 Å². The van der Waals surface area contributed by atoms with E-state index < -0.39 is 0 Å². The van der Waals surface area contributed by atoms with Crippen LogP contribution in [0.4, 0.5) is 5.95 Å². The van der Waals surface area contributed by atoms with Crippen LogP contribution in [0.2, 0.25) is 0 Å². The molecule has 4 nitrogen and oxygen atoms in total. The Morgan fingerprint density at radius 1 is 1.14 bits per heavy atom. The molecule has 3 rings (SSSR count). The fourth-order valence-electron chi connectivity index (χ4n) is 2.15. The first-order valence-corrected chi connectivity index (χ1v) is 7.76. The molecule has 0 unspecified atom stereocenters. The van der Waals surface area contributed by atoms with E-state index in [9.17, 15) is 0 Å². The zero-order valence-corrected chi connectivity index (χ0v) is 12.5. The lowest BCUT2D eigenvalue weighted by atomic mass is 10.1. The summed E-state index contributed by atoms with van der Waals surface area (Å²) in [5.74, 6) is 0.659. The summed E-state index contributed by atoms with van der Waals surface area (Å²) < 4.78 is 0. The Kier molecular flexibility index (Phi) is 4.21. The molecule has 0 amide bonds. The molecule has 3 heterocycles. The summed E-state index contributed by atoms with van der Waals surface area (Å²) in [5.41, 5.74) is 3.28. The number of hydrogen-bond donors (Lipinski definition) is 1. The molecule has 5 heteroatoms. The van der Waals surface area contributed by atoms with E-state index >= 15 is 0 Å². The van der Waals surface area contributed by atoms with E-state index in [4.69, 9.17) is 0 Å². The molecule has 1 atom stereocenters. The van der Waals surface area contributed by atoms with Crippen LogP contribution in [0.1, 0.15) is 12.5 Å². The third kappa shape index (κ3) is 3.64. The Bertz CT molecular complexity index is 683. The third-order valence-corrected chi connectivity index (χ3v) is 3.86. The maximum atomic E-state index is 4.56. The molecule has 3 aromatic heterocycles. The summed E-state index contributed by atoms with van der Waals surface area (Å²) in [6.07, 6.45) is 6.28. The van der Waals surface area contributed by atoms with E-state index in [0.29, 0.717) is 5.95 Å². The van der Waals surface area contributed by atoms with Crippen LogP contribution in [0.25, 0.3) is 11.3 Å². The second kappa shape index (κ2) is 6.45. The zero-order valence-electron chi connectivity index (χ0n) is 11.7. The first-order valence-electron chi connectivity index (χ1n) is 6.82. The molecule has 0 aliphatic rings. The molecule has 0 aromatic carbocycles. The molecule has 3 aromatic rings. The molecular weight excluding hydrogens is 280 g/mol. The maximum absolute atomic E-state index is 4.56. The largest absolute Gasteiger partial charge is 0.351 e. The monoisotopic (exact) mass is 296 g/mol. The molecular formula is C16H16N4S. The van der Waals surface area contributed by atoms with Crippen molar-refractivity contribution in [3.63, 3.8) is 0 Å². The van der Waals surface area contributed by atoms with E-state index in [1.807, 2.05) is 18.2 Å². The molecule has 106 valence electrons. The van der Waals surface area contributed by atoms with Gasteiger partial charge in [-0.15, -0.1) is 0 Å². The topological polar surface area (TPSA) is 50.7 Å². The van der Waals surface area contributed by atoms with Gasteiger partial charge in [0.05, 0.1) is 5.69 Å². The number of anilines is 1. The average molecular weight is 296 g/mol. The van der Waals surface area contributed by atoms with Crippen LogP contribution < -0.4 is 5.32 Å². The molecule has 0 saturated heterocycles. The van der Waals surface area contributed by atoms with Gasteiger partial charge in [-0.05, 0) is 53.9 Å². The number of hydrogen-bond acceptors (Lipinski definition) is 5. The molecule has 0 radical (unpaired) electrons. The van der Waals surface area contributed by atoms with Gasteiger partial charge in [-0.25, -0.2) is 9.97 Å². The Balaban J connectivity index is 1.71. The second-order valence-electron chi connectivity index (χ2n) is 4.88. The standard InChI is InChI=1S/C16H16N4S/c1-12(10-13-5-9-21-11-13)19-16-18-8-4-15(20-16)14-2-6-17-7-3-14/h2-9,11-12H,10H2,1H3,(H,18,19,20)/t12-/m0/s1. The lowest BCUT2D eigenvalue weighted by molar-refractivity contribution is 0.779. The Morgan fingerprint density at radius 3 is 2.76 bits per heavy atom. The van der Waals surface area contributed by atoms with Crippen molar-refractivity contribution in [3.8, 4) is 11.3 Å². The van der Waals surface area contributed by atoms with Gasteiger partial charge in [-0.2, -0.15) is 11.3 Å². The van der Waals surface area contributed by atoms with Gasteiger partial charge < -0.3 is 5.32 Å².